The summed E-state index contributed by atoms with van der Waals surface area (Å²) in [6, 6.07) is 11.8. The van der Waals surface area contributed by atoms with E-state index in [4.69, 9.17) is 17.0 Å². The second-order valence-electron chi connectivity index (χ2n) is 6.17. The molecule has 5 nitrogen and oxygen atoms in total. The van der Waals surface area contributed by atoms with Crippen molar-refractivity contribution in [2.75, 3.05) is 11.9 Å². The van der Waals surface area contributed by atoms with Crippen molar-refractivity contribution < 1.29 is 9.53 Å². The number of aryl methyl sites for hydroxylation is 2. The molecule has 0 aliphatic carbocycles. The van der Waals surface area contributed by atoms with Gasteiger partial charge in [0.2, 0.25) is 5.91 Å². The number of hydrazine groups is 1. The Morgan fingerprint density at radius 2 is 1.62 bits per heavy atom. The van der Waals surface area contributed by atoms with Crippen LogP contribution in [0.2, 0.25) is 0 Å². The molecule has 0 bridgehead atoms. The van der Waals surface area contributed by atoms with E-state index in [1.807, 2.05) is 64.1 Å². The van der Waals surface area contributed by atoms with E-state index in [2.05, 4.69) is 16.2 Å². The van der Waals surface area contributed by atoms with Gasteiger partial charge in [-0.1, -0.05) is 24.3 Å². The molecule has 26 heavy (non-hydrogen) atoms. The first-order chi connectivity index (χ1) is 12.4. The van der Waals surface area contributed by atoms with E-state index in [0.717, 1.165) is 28.1 Å². The molecule has 0 aromatic heterocycles. The minimum absolute atomic E-state index is 0.194. The maximum absolute atomic E-state index is 11.9. The number of ether oxygens (including phenoxy) is 1. The van der Waals surface area contributed by atoms with E-state index in [9.17, 15) is 4.79 Å². The number of anilines is 1. The molecule has 2 rings (SSSR count). The van der Waals surface area contributed by atoms with Gasteiger partial charge in [-0.3, -0.25) is 15.6 Å². The highest BCUT2D eigenvalue weighted by Crippen LogP contribution is 2.20. The summed E-state index contributed by atoms with van der Waals surface area (Å²) in [5, 5.41) is 3.41. The van der Waals surface area contributed by atoms with Gasteiger partial charge in [-0.15, -0.1) is 0 Å². The van der Waals surface area contributed by atoms with Crippen LogP contribution >= 0.6 is 12.2 Å². The van der Waals surface area contributed by atoms with Gasteiger partial charge in [-0.2, -0.15) is 0 Å². The monoisotopic (exact) mass is 371 g/mol. The molecule has 0 radical (unpaired) electrons. The molecule has 0 unspecified atom stereocenters. The maximum Gasteiger partial charge on any atom is 0.241 e. The number of hydrogen-bond donors (Lipinski definition) is 3. The summed E-state index contributed by atoms with van der Waals surface area (Å²) in [4.78, 5) is 11.9. The minimum Gasteiger partial charge on any atom is -0.493 e. The molecule has 0 aliphatic heterocycles. The predicted molar refractivity (Wildman–Crippen MR) is 109 cm³/mol. The lowest BCUT2D eigenvalue weighted by Crippen LogP contribution is -2.44. The Balaban J connectivity index is 1.73. The van der Waals surface area contributed by atoms with Crippen LogP contribution in [-0.2, 0) is 4.79 Å². The van der Waals surface area contributed by atoms with Crippen LogP contribution in [0.25, 0.3) is 0 Å². The lowest BCUT2D eigenvalue weighted by atomic mass is 10.1. The Morgan fingerprint density at radius 3 is 2.35 bits per heavy atom. The van der Waals surface area contributed by atoms with Crippen LogP contribution in [0.1, 0.15) is 28.7 Å². The van der Waals surface area contributed by atoms with Crippen LogP contribution in [0.15, 0.2) is 36.4 Å². The molecule has 0 saturated carbocycles. The molecule has 2 aromatic carbocycles. The van der Waals surface area contributed by atoms with Gasteiger partial charge in [0.1, 0.15) is 5.75 Å². The van der Waals surface area contributed by atoms with Crippen molar-refractivity contribution in [3.05, 3.63) is 58.7 Å². The number of amides is 1. The highest BCUT2D eigenvalue weighted by Gasteiger charge is 2.06. The van der Waals surface area contributed by atoms with Gasteiger partial charge < -0.3 is 10.1 Å². The molecule has 0 heterocycles. The highest BCUT2D eigenvalue weighted by molar-refractivity contribution is 7.80. The predicted octanol–water partition coefficient (Wildman–Crippen LogP) is 3.71. The number of nitrogens with one attached hydrogen (secondary N) is 3. The average molecular weight is 372 g/mol. The zero-order valence-electron chi connectivity index (χ0n) is 15.6. The smallest absolute Gasteiger partial charge is 0.241 e. The lowest BCUT2D eigenvalue weighted by Gasteiger charge is -2.14. The van der Waals surface area contributed by atoms with Crippen LogP contribution in [0.3, 0.4) is 0 Å². The number of carbonyl (C=O) groups is 1. The third-order valence-corrected chi connectivity index (χ3v) is 4.51. The van der Waals surface area contributed by atoms with Crippen molar-refractivity contribution in [1.29, 1.82) is 0 Å². The number of benzene rings is 2. The molecule has 1 amide bonds. The number of hydrogen-bond acceptors (Lipinski definition) is 3. The molecule has 6 heteroatoms. The average Bonchev–Trinajstić information content (AvgIpc) is 2.61. The van der Waals surface area contributed by atoms with Gasteiger partial charge in [0.15, 0.2) is 5.11 Å². The van der Waals surface area contributed by atoms with Gasteiger partial charge in [-0.05, 0) is 74.3 Å². The van der Waals surface area contributed by atoms with Gasteiger partial charge >= 0.3 is 0 Å². The van der Waals surface area contributed by atoms with Crippen molar-refractivity contribution in [3.63, 3.8) is 0 Å². The number of carbonyl (C=O) groups excluding carboxylic acids is 1. The highest BCUT2D eigenvalue weighted by atomic mass is 32.1. The van der Waals surface area contributed by atoms with E-state index < -0.39 is 0 Å². The van der Waals surface area contributed by atoms with E-state index >= 15 is 0 Å². The summed E-state index contributed by atoms with van der Waals surface area (Å²) in [5.74, 6) is 0.610. The molecular formula is C20H25N3O2S. The molecule has 0 spiro atoms. The quantitative estimate of drug-likeness (QED) is 0.552. The van der Waals surface area contributed by atoms with Gasteiger partial charge in [-0.25, -0.2) is 0 Å². The topological polar surface area (TPSA) is 62.4 Å². The van der Waals surface area contributed by atoms with Crippen LogP contribution in [0.4, 0.5) is 5.69 Å². The number of rotatable bonds is 5. The normalized spacial score (nSPS) is 10.2. The summed E-state index contributed by atoms with van der Waals surface area (Å²) >= 11 is 5.21. The standard InChI is InChI=1S/C20H25N3O2S/c1-13-7-5-9-17(15(13)3)21-20(26)23-22-19(24)11-12-25-18-10-6-8-14(2)16(18)4/h5-10H,11-12H2,1-4H3,(H,22,24)(H2,21,23,26). The summed E-state index contributed by atoms with van der Waals surface area (Å²) in [7, 11) is 0. The third-order valence-electron chi connectivity index (χ3n) is 4.31. The first kappa shape index (κ1) is 19.7. The van der Waals surface area contributed by atoms with Crippen molar-refractivity contribution >= 4 is 28.9 Å². The Kier molecular flexibility index (Phi) is 6.97. The van der Waals surface area contributed by atoms with E-state index in [1.165, 1.54) is 5.56 Å². The van der Waals surface area contributed by atoms with Crippen LogP contribution in [0, 0.1) is 27.7 Å². The fourth-order valence-corrected chi connectivity index (χ4v) is 2.52. The molecule has 138 valence electrons. The van der Waals surface area contributed by atoms with E-state index in [1.54, 1.807) is 0 Å². The maximum atomic E-state index is 11.9. The molecular weight excluding hydrogens is 346 g/mol. The Hall–Kier alpha value is -2.60. The first-order valence-corrected chi connectivity index (χ1v) is 8.90. The van der Waals surface area contributed by atoms with Crippen LogP contribution in [0.5, 0.6) is 5.75 Å². The summed E-state index contributed by atoms with van der Waals surface area (Å²) in [5.41, 5.74) is 10.7. The van der Waals surface area contributed by atoms with Crippen molar-refractivity contribution in [2.24, 2.45) is 0 Å². The van der Waals surface area contributed by atoms with E-state index in [-0.39, 0.29) is 12.3 Å². The zero-order chi connectivity index (χ0) is 19.1. The fraction of sp³-hybridized carbons (Fsp3) is 0.300. The molecule has 0 atom stereocenters. The number of thiocarbonyl (C=S) groups is 1. The first-order valence-electron chi connectivity index (χ1n) is 8.49. The molecule has 0 fully saturated rings. The van der Waals surface area contributed by atoms with Crippen molar-refractivity contribution in [1.82, 2.24) is 10.9 Å². The molecule has 3 N–H and O–H groups in total. The van der Waals surface area contributed by atoms with Crippen LogP contribution in [-0.4, -0.2) is 17.6 Å². The Morgan fingerprint density at radius 1 is 0.962 bits per heavy atom. The van der Waals surface area contributed by atoms with Crippen molar-refractivity contribution in [2.45, 2.75) is 34.1 Å². The van der Waals surface area contributed by atoms with Gasteiger partial charge in [0.05, 0.1) is 13.0 Å². The second-order valence-corrected chi connectivity index (χ2v) is 6.58. The minimum atomic E-state index is -0.194. The molecule has 2 aromatic rings. The second kappa shape index (κ2) is 9.20. The van der Waals surface area contributed by atoms with Crippen LogP contribution < -0.4 is 20.9 Å². The third kappa shape index (κ3) is 5.46. The Labute approximate surface area is 160 Å². The lowest BCUT2D eigenvalue weighted by molar-refractivity contribution is -0.122. The largest absolute Gasteiger partial charge is 0.493 e. The van der Waals surface area contributed by atoms with Crippen molar-refractivity contribution in [3.8, 4) is 5.75 Å². The zero-order valence-corrected chi connectivity index (χ0v) is 16.4. The van der Waals surface area contributed by atoms with E-state index in [0.29, 0.717) is 11.7 Å². The molecule has 0 aliphatic rings. The fourth-order valence-electron chi connectivity index (χ4n) is 2.36. The summed E-state index contributed by atoms with van der Waals surface area (Å²) in [6.07, 6.45) is 0.229. The molecule has 0 saturated heterocycles. The summed E-state index contributed by atoms with van der Waals surface area (Å²) in [6.45, 7) is 8.39. The Bertz CT molecular complexity index is 806. The van der Waals surface area contributed by atoms with Gasteiger partial charge in [0.25, 0.3) is 0 Å². The SMILES string of the molecule is Cc1cccc(NC(=S)NNC(=O)CCOc2cccc(C)c2C)c1C. The summed E-state index contributed by atoms with van der Waals surface area (Å²) < 4.78 is 5.68. The van der Waals surface area contributed by atoms with Gasteiger partial charge in [0, 0.05) is 5.69 Å².